The first-order chi connectivity index (χ1) is 8.75. The van der Waals surface area contributed by atoms with Gasteiger partial charge in [-0.1, -0.05) is 6.42 Å². The molecule has 3 saturated heterocycles. The van der Waals surface area contributed by atoms with E-state index in [9.17, 15) is 4.79 Å². The van der Waals surface area contributed by atoms with Gasteiger partial charge < -0.3 is 10.2 Å². The number of hydrogen-bond acceptors (Lipinski definition) is 3. The maximum Gasteiger partial charge on any atom is 0.240 e. The molecular weight excluding hydrogens is 297 g/mol. The summed E-state index contributed by atoms with van der Waals surface area (Å²) < 4.78 is 0. The van der Waals surface area contributed by atoms with Crippen molar-refractivity contribution in [1.82, 2.24) is 15.1 Å². The Labute approximate surface area is 134 Å². The van der Waals surface area contributed by atoms with Crippen LogP contribution < -0.4 is 5.32 Å². The van der Waals surface area contributed by atoms with E-state index in [0.29, 0.717) is 18.0 Å². The van der Waals surface area contributed by atoms with Gasteiger partial charge in [0.2, 0.25) is 5.91 Å². The second-order valence-corrected chi connectivity index (χ2v) is 6.13. The second kappa shape index (κ2) is 7.83. The van der Waals surface area contributed by atoms with E-state index < -0.39 is 0 Å². The predicted octanol–water partition coefficient (Wildman–Crippen LogP) is 1.67. The Kier molecular flexibility index (Phi) is 7.06. The van der Waals surface area contributed by atoms with Crippen LogP contribution in [0.5, 0.6) is 0 Å². The number of piperazine rings is 1. The van der Waals surface area contributed by atoms with E-state index >= 15 is 0 Å². The fourth-order valence-corrected chi connectivity index (χ4v) is 3.76. The minimum Gasteiger partial charge on any atom is -0.336 e. The first-order valence-electron chi connectivity index (χ1n) is 7.53. The third-order valence-corrected chi connectivity index (χ3v) is 4.83. The third-order valence-electron chi connectivity index (χ3n) is 4.83. The first kappa shape index (κ1) is 18.0. The summed E-state index contributed by atoms with van der Waals surface area (Å²) in [6, 6.07) is 1.11. The predicted molar refractivity (Wildman–Crippen MR) is 85.9 cm³/mol. The summed E-state index contributed by atoms with van der Waals surface area (Å²) in [6.45, 7) is 6.48. The van der Waals surface area contributed by atoms with E-state index in [0.717, 1.165) is 26.1 Å². The molecule has 1 amide bonds. The van der Waals surface area contributed by atoms with Crippen LogP contribution in [0.3, 0.4) is 0 Å². The summed E-state index contributed by atoms with van der Waals surface area (Å²) in [7, 11) is 0. The van der Waals surface area contributed by atoms with Crippen LogP contribution >= 0.6 is 24.8 Å². The minimum absolute atomic E-state index is 0. The van der Waals surface area contributed by atoms with Crippen LogP contribution in [0.25, 0.3) is 0 Å². The molecule has 1 N–H and O–H groups in total. The number of nitrogens with zero attached hydrogens (tertiary/aromatic N) is 2. The highest BCUT2D eigenvalue weighted by Gasteiger charge is 2.38. The van der Waals surface area contributed by atoms with Crippen LogP contribution in [0.4, 0.5) is 0 Å². The van der Waals surface area contributed by atoms with Crippen molar-refractivity contribution in [3.05, 3.63) is 0 Å². The van der Waals surface area contributed by atoms with Gasteiger partial charge in [-0.3, -0.25) is 9.69 Å². The molecule has 0 aromatic carbocycles. The van der Waals surface area contributed by atoms with Crippen molar-refractivity contribution in [1.29, 1.82) is 0 Å². The highest BCUT2D eigenvalue weighted by Crippen LogP contribution is 2.25. The van der Waals surface area contributed by atoms with Crippen LogP contribution in [0.2, 0.25) is 0 Å². The topological polar surface area (TPSA) is 35.6 Å². The van der Waals surface area contributed by atoms with E-state index in [2.05, 4.69) is 22.0 Å². The standard InChI is InChI=1S/C14H25N3O.2ClH/c1-11-9-16-8-4-5-12(16)10-17(11)14(18)13-6-2-3-7-15-13;;/h11-13,15H,2-10H2,1H3;2*1H/t11?,12?,13-;;/m1../s1. The Morgan fingerprint density at radius 3 is 2.60 bits per heavy atom. The molecule has 3 rings (SSSR count). The number of piperidine rings is 1. The van der Waals surface area contributed by atoms with Gasteiger partial charge in [-0.15, -0.1) is 24.8 Å². The van der Waals surface area contributed by atoms with Crippen molar-refractivity contribution < 1.29 is 4.79 Å². The summed E-state index contributed by atoms with van der Waals surface area (Å²) in [6.07, 6.45) is 6.02. The highest BCUT2D eigenvalue weighted by atomic mass is 35.5. The average molecular weight is 324 g/mol. The molecule has 0 bridgehead atoms. The van der Waals surface area contributed by atoms with Crippen LogP contribution in [0.15, 0.2) is 0 Å². The number of hydrogen-bond donors (Lipinski definition) is 1. The lowest BCUT2D eigenvalue weighted by atomic mass is 10.0. The Morgan fingerprint density at radius 1 is 1.10 bits per heavy atom. The second-order valence-electron chi connectivity index (χ2n) is 6.13. The molecule has 20 heavy (non-hydrogen) atoms. The zero-order valence-electron chi connectivity index (χ0n) is 12.2. The first-order valence-corrected chi connectivity index (χ1v) is 7.53. The molecule has 3 aliphatic heterocycles. The van der Waals surface area contributed by atoms with E-state index in [-0.39, 0.29) is 30.9 Å². The van der Waals surface area contributed by atoms with Crippen LogP contribution in [0.1, 0.15) is 39.0 Å². The summed E-state index contributed by atoms with van der Waals surface area (Å²) in [4.78, 5) is 17.3. The zero-order valence-corrected chi connectivity index (χ0v) is 13.8. The number of nitrogens with one attached hydrogen (secondary N) is 1. The van der Waals surface area contributed by atoms with Gasteiger partial charge in [0.05, 0.1) is 6.04 Å². The molecule has 3 heterocycles. The molecule has 118 valence electrons. The van der Waals surface area contributed by atoms with Gasteiger partial charge in [0.15, 0.2) is 0 Å². The molecule has 0 aromatic rings. The summed E-state index contributed by atoms with van der Waals surface area (Å²) in [5.74, 6) is 0.355. The molecule has 2 unspecified atom stereocenters. The Hall–Kier alpha value is -0.0300. The van der Waals surface area contributed by atoms with E-state index in [1.54, 1.807) is 0 Å². The third kappa shape index (κ3) is 3.59. The van der Waals surface area contributed by atoms with Crippen LogP contribution in [-0.2, 0) is 4.79 Å². The lowest BCUT2D eigenvalue weighted by Gasteiger charge is -2.44. The maximum absolute atomic E-state index is 12.6. The Morgan fingerprint density at radius 2 is 1.90 bits per heavy atom. The number of carbonyl (C=O) groups excluding carboxylic acids is 1. The van der Waals surface area contributed by atoms with Gasteiger partial charge in [0, 0.05) is 25.2 Å². The lowest BCUT2D eigenvalue weighted by molar-refractivity contribution is -0.139. The van der Waals surface area contributed by atoms with Crippen molar-refractivity contribution in [2.75, 3.05) is 26.2 Å². The largest absolute Gasteiger partial charge is 0.336 e. The van der Waals surface area contributed by atoms with Crippen molar-refractivity contribution in [2.24, 2.45) is 0 Å². The SMILES string of the molecule is CC1CN2CCCC2CN1C(=O)[C@H]1CCCCN1.Cl.Cl. The molecule has 0 radical (unpaired) electrons. The minimum atomic E-state index is 0. The van der Waals surface area contributed by atoms with Crippen molar-refractivity contribution in [3.8, 4) is 0 Å². The van der Waals surface area contributed by atoms with Crippen molar-refractivity contribution in [2.45, 2.75) is 57.2 Å². The molecular formula is C14H27Cl2N3O. The molecule has 0 aliphatic carbocycles. The fraction of sp³-hybridized carbons (Fsp3) is 0.929. The monoisotopic (exact) mass is 323 g/mol. The van der Waals surface area contributed by atoms with Gasteiger partial charge in [0.1, 0.15) is 0 Å². The molecule has 0 spiro atoms. The van der Waals surface area contributed by atoms with Gasteiger partial charge >= 0.3 is 0 Å². The van der Waals surface area contributed by atoms with E-state index in [1.165, 1.54) is 32.2 Å². The van der Waals surface area contributed by atoms with Gasteiger partial charge in [-0.2, -0.15) is 0 Å². The number of rotatable bonds is 1. The number of carbonyl (C=O) groups is 1. The number of amides is 1. The van der Waals surface area contributed by atoms with Crippen molar-refractivity contribution in [3.63, 3.8) is 0 Å². The average Bonchev–Trinajstić information content (AvgIpc) is 2.85. The van der Waals surface area contributed by atoms with Gasteiger partial charge in [0.25, 0.3) is 0 Å². The van der Waals surface area contributed by atoms with Gasteiger partial charge in [-0.05, 0) is 45.7 Å². The highest BCUT2D eigenvalue weighted by molar-refractivity contribution is 5.85. The Bertz CT molecular complexity index is 324. The molecule has 6 heteroatoms. The fourth-order valence-electron chi connectivity index (χ4n) is 3.76. The molecule has 0 saturated carbocycles. The number of fused-ring (bicyclic) bond motifs is 1. The quantitative estimate of drug-likeness (QED) is 0.797. The maximum atomic E-state index is 12.6. The summed E-state index contributed by atoms with van der Waals surface area (Å²) in [5, 5.41) is 3.39. The summed E-state index contributed by atoms with van der Waals surface area (Å²) in [5.41, 5.74) is 0. The molecule has 3 aliphatic rings. The van der Waals surface area contributed by atoms with Gasteiger partial charge in [-0.25, -0.2) is 0 Å². The molecule has 3 atom stereocenters. The van der Waals surface area contributed by atoms with Crippen LogP contribution in [0, 0.1) is 0 Å². The molecule has 3 fully saturated rings. The number of halogens is 2. The van der Waals surface area contributed by atoms with Crippen LogP contribution in [-0.4, -0.2) is 60.0 Å². The Balaban J connectivity index is 0.000001000. The zero-order chi connectivity index (χ0) is 12.5. The molecule has 0 aromatic heterocycles. The van der Waals surface area contributed by atoms with E-state index in [4.69, 9.17) is 0 Å². The smallest absolute Gasteiger partial charge is 0.240 e. The summed E-state index contributed by atoms with van der Waals surface area (Å²) >= 11 is 0. The lowest BCUT2D eigenvalue weighted by Crippen LogP contribution is -2.60. The normalized spacial score (nSPS) is 33.9. The molecule has 4 nitrogen and oxygen atoms in total. The van der Waals surface area contributed by atoms with E-state index in [1.807, 2.05) is 0 Å². The van der Waals surface area contributed by atoms with Crippen molar-refractivity contribution >= 4 is 30.7 Å².